The average Bonchev–Trinajstić information content (AvgIpc) is 3.13. The number of nitrogens with zero attached hydrogens (tertiary/aromatic N) is 1. The molecule has 5 heteroatoms. The van der Waals surface area contributed by atoms with Crippen molar-refractivity contribution in [1.29, 1.82) is 0 Å². The molecule has 2 aromatic carbocycles. The zero-order valence-corrected chi connectivity index (χ0v) is 15.0. The summed E-state index contributed by atoms with van der Waals surface area (Å²) in [4.78, 5) is 14.7. The number of hydrogen-bond acceptors (Lipinski definition) is 3. The predicted octanol–water partition coefficient (Wildman–Crippen LogP) is 3.74. The summed E-state index contributed by atoms with van der Waals surface area (Å²) in [7, 11) is 0. The molecule has 0 aromatic heterocycles. The second-order valence-electron chi connectivity index (χ2n) is 6.24. The fraction of sp³-hybridized carbons (Fsp3) is 0.350. The Bertz CT molecular complexity index is 697. The van der Waals surface area contributed by atoms with E-state index in [9.17, 15) is 4.79 Å². The van der Waals surface area contributed by atoms with Gasteiger partial charge in [0.25, 0.3) is 5.91 Å². The minimum absolute atomic E-state index is 0.0667. The standard InChI is InChI=1S/C20H23ClN2O2/c21-18-6-8-19(9-7-18)25-13-10-22-20(24)17-5-3-4-16(14-17)15-23-11-1-2-12-23/h3-9,14H,1-2,10-13,15H2,(H,22,24). The van der Waals surface area contributed by atoms with E-state index in [0.29, 0.717) is 23.7 Å². The summed E-state index contributed by atoms with van der Waals surface area (Å²) in [6.07, 6.45) is 2.54. The summed E-state index contributed by atoms with van der Waals surface area (Å²) in [5.41, 5.74) is 1.88. The number of carbonyl (C=O) groups excluding carboxylic acids is 1. The van der Waals surface area contributed by atoms with Crippen LogP contribution in [0.5, 0.6) is 5.75 Å². The van der Waals surface area contributed by atoms with Crippen molar-refractivity contribution in [3.8, 4) is 5.75 Å². The van der Waals surface area contributed by atoms with Gasteiger partial charge in [-0.1, -0.05) is 23.7 Å². The molecule has 4 nitrogen and oxygen atoms in total. The molecule has 1 saturated heterocycles. The molecule has 1 amide bonds. The van der Waals surface area contributed by atoms with Crippen LogP contribution in [-0.4, -0.2) is 37.0 Å². The number of benzene rings is 2. The van der Waals surface area contributed by atoms with Crippen LogP contribution in [0.25, 0.3) is 0 Å². The predicted molar refractivity (Wildman–Crippen MR) is 100 cm³/mol. The van der Waals surface area contributed by atoms with Crippen molar-refractivity contribution in [2.75, 3.05) is 26.2 Å². The lowest BCUT2D eigenvalue weighted by Gasteiger charge is -2.15. The third-order valence-corrected chi connectivity index (χ3v) is 4.52. The zero-order valence-electron chi connectivity index (χ0n) is 14.2. The highest BCUT2D eigenvalue weighted by Crippen LogP contribution is 2.15. The van der Waals surface area contributed by atoms with Crippen LogP contribution in [0.1, 0.15) is 28.8 Å². The number of rotatable bonds is 7. The van der Waals surface area contributed by atoms with Crippen molar-refractivity contribution >= 4 is 17.5 Å². The largest absolute Gasteiger partial charge is 0.492 e. The molecule has 0 radical (unpaired) electrons. The van der Waals surface area contributed by atoms with Crippen molar-refractivity contribution in [1.82, 2.24) is 10.2 Å². The molecule has 1 N–H and O–H groups in total. The van der Waals surface area contributed by atoms with E-state index < -0.39 is 0 Å². The van der Waals surface area contributed by atoms with Gasteiger partial charge in [0.15, 0.2) is 0 Å². The summed E-state index contributed by atoms with van der Waals surface area (Å²) in [5.74, 6) is 0.675. The van der Waals surface area contributed by atoms with Crippen LogP contribution in [-0.2, 0) is 6.54 Å². The van der Waals surface area contributed by atoms with E-state index in [1.165, 1.54) is 18.4 Å². The molecular formula is C20H23ClN2O2. The molecule has 1 fully saturated rings. The molecule has 0 unspecified atom stereocenters. The first-order valence-corrected chi connectivity index (χ1v) is 9.06. The van der Waals surface area contributed by atoms with Gasteiger partial charge in [0.2, 0.25) is 0 Å². The molecular weight excluding hydrogens is 336 g/mol. The quantitative estimate of drug-likeness (QED) is 0.766. The minimum Gasteiger partial charge on any atom is -0.492 e. The summed E-state index contributed by atoms with van der Waals surface area (Å²) in [5, 5.41) is 3.57. The van der Waals surface area contributed by atoms with Gasteiger partial charge in [-0.15, -0.1) is 0 Å². The molecule has 0 spiro atoms. The molecule has 1 heterocycles. The number of halogens is 1. The normalized spacial score (nSPS) is 14.4. The summed E-state index contributed by atoms with van der Waals surface area (Å²) in [6.45, 7) is 4.09. The Morgan fingerprint density at radius 1 is 1.12 bits per heavy atom. The van der Waals surface area contributed by atoms with Crippen molar-refractivity contribution in [3.63, 3.8) is 0 Å². The second-order valence-corrected chi connectivity index (χ2v) is 6.68. The van der Waals surface area contributed by atoms with Gasteiger partial charge in [0.05, 0.1) is 6.54 Å². The number of nitrogens with one attached hydrogen (secondary N) is 1. The number of amides is 1. The van der Waals surface area contributed by atoms with Crippen LogP contribution in [0.2, 0.25) is 5.02 Å². The maximum absolute atomic E-state index is 12.3. The first-order valence-electron chi connectivity index (χ1n) is 8.68. The van der Waals surface area contributed by atoms with Gasteiger partial charge in [-0.3, -0.25) is 9.69 Å². The number of carbonyl (C=O) groups is 1. The molecule has 25 heavy (non-hydrogen) atoms. The molecule has 132 valence electrons. The van der Waals surface area contributed by atoms with Crippen LogP contribution >= 0.6 is 11.6 Å². The van der Waals surface area contributed by atoms with Crippen LogP contribution in [0.15, 0.2) is 48.5 Å². The molecule has 3 rings (SSSR count). The molecule has 0 bridgehead atoms. The lowest BCUT2D eigenvalue weighted by atomic mass is 10.1. The van der Waals surface area contributed by atoms with Gasteiger partial charge >= 0.3 is 0 Å². The van der Waals surface area contributed by atoms with Crippen LogP contribution < -0.4 is 10.1 Å². The Labute approximate surface area is 153 Å². The first-order chi connectivity index (χ1) is 12.2. The van der Waals surface area contributed by atoms with E-state index in [1.807, 2.05) is 30.3 Å². The number of hydrogen-bond donors (Lipinski definition) is 1. The fourth-order valence-electron chi connectivity index (χ4n) is 2.98. The Balaban J connectivity index is 1.45. The highest BCUT2D eigenvalue weighted by atomic mass is 35.5. The lowest BCUT2D eigenvalue weighted by molar-refractivity contribution is 0.0947. The molecule has 1 aliphatic rings. The maximum Gasteiger partial charge on any atom is 0.251 e. The van der Waals surface area contributed by atoms with Crippen molar-refractivity contribution in [3.05, 3.63) is 64.7 Å². The molecule has 1 aliphatic heterocycles. The van der Waals surface area contributed by atoms with Crippen molar-refractivity contribution < 1.29 is 9.53 Å². The third-order valence-electron chi connectivity index (χ3n) is 4.26. The third kappa shape index (κ3) is 5.48. The van der Waals surface area contributed by atoms with E-state index in [4.69, 9.17) is 16.3 Å². The number of likely N-dealkylation sites (tertiary alicyclic amines) is 1. The van der Waals surface area contributed by atoms with E-state index in [-0.39, 0.29) is 5.91 Å². The monoisotopic (exact) mass is 358 g/mol. The topological polar surface area (TPSA) is 41.6 Å². The maximum atomic E-state index is 12.3. The van der Waals surface area contributed by atoms with Gasteiger partial charge in [-0.2, -0.15) is 0 Å². The summed E-state index contributed by atoms with van der Waals surface area (Å²) < 4.78 is 5.58. The van der Waals surface area contributed by atoms with Crippen LogP contribution in [0.3, 0.4) is 0 Å². The van der Waals surface area contributed by atoms with Gasteiger partial charge in [0, 0.05) is 17.1 Å². The molecule has 0 aliphatic carbocycles. The summed E-state index contributed by atoms with van der Waals surface area (Å²) >= 11 is 5.83. The molecule has 2 aromatic rings. The Hall–Kier alpha value is -2.04. The van der Waals surface area contributed by atoms with E-state index >= 15 is 0 Å². The zero-order chi connectivity index (χ0) is 17.5. The Morgan fingerprint density at radius 2 is 1.88 bits per heavy atom. The second kappa shape index (κ2) is 8.88. The van der Waals surface area contributed by atoms with Crippen LogP contribution in [0.4, 0.5) is 0 Å². The Morgan fingerprint density at radius 3 is 2.64 bits per heavy atom. The van der Waals surface area contributed by atoms with E-state index in [2.05, 4.69) is 16.3 Å². The summed E-state index contributed by atoms with van der Waals surface area (Å²) in [6, 6.07) is 15.0. The molecule has 0 atom stereocenters. The highest BCUT2D eigenvalue weighted by Gasteiger charge is 2.12. The fourth-order valence-corrected chi connectivity index (χ4v) is 3.10. The lowest BCUT2D eigenvalue weighted by Crippen LogP contribution is -2.28. The van der Waals surface area contributed by atoms with Gasteiger partial charge in [0.1, 0.15) is 12.4 Å². The SMILES string of the molecule is O=C(NCCOc1ccc(Cl)cc1)c1cccc(CN2CCCC2)c1. The highest BCUT2D eigenvalue weighted by molar-refractivity contribution is 6.30. The average molecular weight is 359 g/mol. The van der Waals surface area contributed by atoms with Gasteiger partial charge in [-0.05, 0) is 67.9 Å². The van der Waals surface area contributed by atoms with E-state index in [0.717, 1.165) is 25.4 Å². The van der Waals surface area contributed by atoms with Crippen molar-refractivity contribution in [2.24, 2.45) is 0 Å². The van der Waals surface area contributed by atoms with Gasteiger partial charge in [-0.25, -0.2) is 0 Å². The van der Waals surface area contributed by atoms with Crippen LogP contribution in [0, 0.1) is 0 Å². The van der Waals surface area contributed by atoms with E-state index in [1.54, 1.807) is 12.1 Å². The minimum atomic E-state index is -0.0667. The number of ether oxygens (including phenoxy) is 1. The Kier molecular flexibility index (Phi) is 6.31. The van der Waals surface area contributed by atoms with Crippen molar-refractivity contribution in [2.45, 2.75) is 19.4 Å². The molecule has 0 saturated carbocycles. The van der Waals surface area contributed by atoms with Gasteiger partial charge < -0.3 is 10.1 Å². The smallest absolute Gasteiger partial charge is 0.251 e. The first kappa shape index (κ1) is 17.8.